The third kappa shape index (κ3) is 6.38. The average molecular weight is 658 g/mol. The van der Waals surface area contributed by atoms with Gasteiger partial charge in [-0.3, -0.25) is 9.36 Å². The average Bonchev–Trinajstić information content (AvgIpc) is 3.27. The smallest absolute Gasteiger partial charge is 0.338 e. The number of fused-ring (bicyclic) bond motifs is 1. The molecule has 11 heteroatoms. The topological polar surface area (TPSA) is 79.1 Å². The highest BCUT2D eigenvalue weighted by molar-refractivity contribution is 7.07. The summed E-state index contributed by atoms with van der Waals surface area (Å²) in [5.74, 6) is 0.240. The number of benzene rings is 3. The molecular weight excluding hydrogens is 631 g/mol. The number of hydrogen-bond acceptors (Lipinski definition) is 7. The molecule has 1 aromatic heterocycles. The van der Waals surface area contributed by atoms with Gasteiger partial charge in [0, 0.05) is 0 Å². The van der Waals surface area contributed by atoms with Crippen LogP contribution in [0.1, 0.15) is 42.1 Å². The quantitative estimate of drug-likeness (QED) is 0.198. The van der Waals surface area contributed by atoms with Crippen molar-refractivity contribution in [3.8, 4) is 11.5 Å². The number of carbonyl (C=O) groups excluding carboxylic acids is 1. The summed E-state index contributed by atoms with van der Waals surface area (Å²) in [4.78, 5) is 32.1. The fourth-order valence-corrected chi connectivity index (χ4v) is 6.40. The molecule has 0 spiro atoms. The highest BCUT2D eigenvalue weighted by Gasteiger charge is 2.33. The summed E-state index contributed by atoms with van der Waals surface area (Å²) < 4.78 is 18.9. The molecule has 4 aromatic rings. The van der Waals surface area contributed by atoms with Gasteiger partial charge in [-0.1, -0.05) is 82.0 Å². The molecule has 3 aromatic carbocycles. The van der Waals surface area contributed by atoms with E-state index >= 15 is 0 Å². The zero-order chi connectivity index (χ0) is 30.8. The molecule has 1 aliphatic rings. The maximum absolute atomic E-state index is 13.9. The highest BCUT2D eigenvalue weighted by atomic mass is 35.5. The van der Waals surface area contributed by atoms with Gasteiger partial charge in [0.2, 0.25) is 0 Å². The van der Waals surface area contributed by atoms with Crippen LogP contribution in [0.4, 0.5) is 0 Å². The Balaban J connectivity index is 1.56. The van der Waals surface area contributed by atoms with E-state index in [1.165, 1.54) is 18.4 Å². The van der Waals surface area contributed by atoms with Gasteiger partial charge in [0.1, 0.15) is 6.61 Å². The van der Waals surface area contributed by atoms with Gasteiger partial charge in [0.15, 0.2) is 16.3 Å². The third-order valence-electron chi connectivity index (χ3n) is 6.83. The van der Waals surface area contributed by atoms with Crippen molar-refractivity contribution in [3.05, 3.63) is 123 Å². The summed E-state index contributed by atoms with van der Waals surface area (Å²) >= 11 is 20.0. The summed E-state index contributed by atoms with van der Waals surface area (Å²) in [5, 5.41) is 1.18. The van der Waals surface area contributed by atoms with Gasteiger partial charge in [-0.15, -0.1) is 0 Å². The largest absolute Gasteiger partial charge is 0.493 e. The molecule has 2 heterocycles. The Bertz CT molecular complexity index is 1930. The minimum Gasteiger partial charge on any atom is -0.493 e. The van der Waals surface area contributed by atoms with E-state index in [2.05, 4.69) is 4.99 Å². The molecular formula is C32H27Cl3N2O5S. The Morgan fingerprint density at radius 2 is 1.77 bits per heavy atom. The molecule has 0 radical (unpaired) electrons. The standard InChI is InChI=1S/C32H27Cl3N2O5S/c1-5-41-31(39)27-18(3)36-32-37(28(27)21-9-6-17(2)7-10-21)30(38)26(43-32)15-20-13-24(35)29(25(14-20)40-4)42-16-19-8-11-22(33)23(34)12-19/h6-15,28H,5,16H2,1-4H3/b26-15+/t28-/m0/s1. The van der Waals surface area contributed by atoms with E-state index in [0.717, 1.165) is 16.7 Å². The molecule has 5 rings (SSSR count). The van der Waals surface area contributed by atoms with Crippen molar-refractivity contribution in [2.75, 3.05) is 13.7 Å². The SMILES string of the molecule is CCOC(=O)C1=C(C)N=c2s/c(=C/c3cc(Cl)c(OCc4ccc(Cl)c(Cl)c4)c(OC)c3)c(=O)n2[C@H]1c1ccc(C)cc1. The lowest BCUT2D eigenvalue weighted by atomic mass is 9.95. The van der Waals surface area contributed by atoms with Crippen LogP contribution in [0.2, 0.25) is 15.1 Å². The molecule has 0 saturated carbocycles. The van der Waals surface area contributed by atoms with Crippen LogP contribution in [-0.4, -0.2) is 24.3 Å². The first-order valence-corrected chi connectivity index (χ1v) is 15.3. The van der Waals surface area contributed by atoms with Crippen LogP contribution in [0.25, 0.3) is 6.08 Å². The molecule has 0 aliphatic carbocycles. The van der Waals surface area contributed by atoms with E-state index in [1.807, 2.05) is 37.3 Å². The number of carbonyl (C=O) groups is 1. The monoisotopic (exact) mass is 656 g/mol. The van der Waals surface area contributed by atoms with Gasteiger partial charge in [-0.05, 0) is 67.8 Å². The number of halogens is 3. The molecule has 0 bridgehead atoms. The van der Waals surface area contributed by atoms with E-state index in [-0.39, 0.29) is 18.8 Å². The van der Waals surface area contributed by atoms with Crippen LogP contribution in [0, 0.1) is 6.92 Å². The number of thiazole rings is 1. The Hall–Kier alpha value is -3.56. The molecule has 0 fully saturated rings. The number of ether oxygens (including phenoxy) is 3. The zero-order valence-electron chi connectivity index (χ0n) is 23.7. The third-order valence-corrected chi connectivity index (χ3v) is 8.83. The van der Waals surface area contributed by atoms with Crippen LogP contribution >= 0.6 is 46.1 Å². The van der Waals surface area contributed by atoms with E-state index < -0.39 is 12.0 Å². The fourth-order valence-electron chi connectivity index (χ4n) is 4.76. The molecule has 1 aliphatic heterocycles. The number of esters is 1. The van der Waals surface area contributed by atoms with Crippen molar-refractivity contribution >= 4 is 58.2 Å². The lowest BCUT2D eigenvalue weighted by Gasteiger charge is -2.24. The van der Waals surface area contributed by atoms with Crippen molar-refractivity contribution in [2.45, 2.75) is 33.4 Å². The predicted octanol–water partition coefficient (Wildman–Crippen LogP) is 6.65. The second-order valence-corrected chi connectivity index (χ2v) is 12.0. The number of aromatic nitrogens is 1. The molecule has 1 atom stereocenters. The van der Waals surface area contributed by atoms with Crippen molar-refractivity contribution in [1.82, 2.24) is 4.57 Å². The molecule has 0 amide bonds. The first kappa shape index (κ1) is 30.9. The van der Waals surface area contributed by atoms with Crippen molar-refractivity contribution in [3.63, 3.8) is 0 Å². The summed E-state index contributed by atoms with van der Waals surface area (Å²) in [7, 11) is 1.51. The number of rotatable bonds is 8. The van der Waals surface area contributed by atoms with Gasteiger partial charge in [0.25, 0.3) is 5.56 Å². The second-order valence-electron chi connectivity index (χ2n) is 9.78. The van der Waals surface area contributed by atoms with E-state index in [9.17, 15) is 9.59 Å². The number of nitrogens with zero attached hydrogens (tertiary/aromatic N) is 2. The zero-order valence-corrected chi connectivity index (χ0v) is 26.8. The Labute approximate surface area is 267 Å². The van der Waals surface area contributed by atoms with Crippen LogP contribution in [0.5, 0.6) is 11.5 Å². The minimum atomic E-state index is -0.687. The van der Waals surface area contributed by atoms with Crippen LogP contribution < -0.4 is 24.4 Å². The molecule has 43 heavy (non-hydrogen) atoms. The Morgan fingerprint density at radius 1 is 1.02 bits per heavy atom. The molecule has 0 saturated heterocycles. The first-order chi connectivity index (χ1) is 20.6. The van der Waals surface area contributed by atoms with Gasteiger partial charge < -0.3 is 14.2 Å². The van der Waals surface area contributed by atoms with Crippen LogP contribution in [0.15, 0.2) is 75.7 Å². The number of aryl methyl sites for hydroxylation is 1. The minimum absolute atomic E-state index is 0.187. The molecule has 222 valence electrons. The van der Waals surface area contributed by atoms with E-state index in [4.69, 9.17) is 49.0 Å². The lowest BCUT2D eigenvalue weighted by Crippen LogP contribution is -2.39. The lowest BCUT2D eigenvalue weighted by molar-refractivity contribution is -0.139. The Kier molecular flexibility index (Phi) is 9.32. The molecule has 0 unspecified atom stereocenters. The summed E-state index contributed by atoms with van der Waals surface area (Å²) in [5.41, 5.74) is 3.82. The fraction of sp³-hybridized carbons (Fsp3) is 0.219. The van der Waals surface area contributed by atoms with Crippen molar-refractivity contribution in [1.29, 1.82) is 0 Å². The molecule has 7 nitrogen and oxygen atoms in total. The van der Waals surface area contributed by atoms with E-state index in [0.29, 0.717) is 52.7 Å². The van der Waals surface area contributed by atoms with Gasteiger partial charge in [0.05, 0.1) is 50.6 Å². The number of allylic oxidation sites excluding steroid dienone is 1. The maximum atomic E-state index is 13.9. The van der Waals surface area contributed by atoms with Crippen molar-refractivity contribution < 1.29 is 19.0 Å². The highest BCUT2D eigenvalue weighted by Crippen LogP contribution is 2.37. The number of hydrogen-bond donors (Lipinski definition) is 0. The van der Waals surface area contributed by atoms with Crippen molar-refractivity contribution in [2.24, 2.45) is 4.99 Å². The van der Waals surface area contributed by atoms with Gasteiger partial charge in [-0.2, -0.15) is 0 Å². The summed E-state index contributed by atoms with van der Waals surface area (Å²) in [6, 6.07) is 15.7. The van der Waals surface area contributed by atoms with Gasteiger partial charge >= 0.3 is 5.97 Å². The van der Waals surface area contributed by atoms with Crippen LogP contribution in [-0.2, 0) is 16.1 Å². The van der Waals surface area contributed by atoms with Gasteiger partial charge in [-0.25, -0.2) is 9.79 Å². The second kappa shape index (κ2) is 13.0. The van der Waals surface area contributed by atoms with Crippen LogP contribution in [0.3, 0.4) is 0 Å². The Morgan fingerprint density at radius 3 is 2.44 bits per heavy atom. The normalized spacial score (nSPS) is 14.8. The summed E-state index contributed by atoms with van der Waals surface area (Å²) in [6.45, 7) is 5.87. The number of methoxy groups -OCH3 is 1. The maximum Gasteiger partial charge on any atom is 0.338 e. The first-order valence-electron chi connectivity index (χ1n) is 13.3. The predicted molar refractivity (Wildman–Crippen MR) is 170 cm³/mol. The summed E-state index contributed by atoms with van der Waals surface area (Å²) in [6.07, 6.45) is 1.72. The molecule has 0 N–H and O–H groups in total. The van der Waals surface area contributed by atoms with E-state index in [1.54, 1.807) is 48.8 Å².